The largest absolute Gasteiger partial charge is 0.508 e. The molecule has 0 aromatic heterocycles. The number of rotatable bonds is 2. The zero-order chi connectivity index (χ0) is 14.9. The molecule has 7 heteroatoms. The van der Waals surface area contributed by atoms with Crippen LogP contribution >= 0.6 is 27.5 Å². The van der Waals surface area contributed by atoms with Crippen LogP contribution in [0.5, 0.6) is 11.5 Å². The lowest BCUT2D eigenvalue weighted by Gasteiger charge is -2.10. The second-order valence-electron chi connectivity index (χ2n) is 3.94. The number of anilines is 1. The molecule has 0 unspecified atom stereocenters. The predicted molar refractivity (Wildman–Crippen MR) is 76.8 cm³/mol. The van der Waals surface area contributed by atoms with E-state index in [9.17, 15) is 19.4 Å². The van der Waals surface area contributed by atoms with Crippen LogP contribution in [0, 0.1) is 5.82 Å². The van der Waals surface area contributed by atoms with E-state index in [1.807, 2.05) is 0 Å². The Labute approximate surface area is 126 Å². The molecule has 2 rings (SSSR count). The molecule has 1 amide bonds. The van der Waals surface area contributed by atoms with Gasteiger partial charge in [0.05, 0.1) is 10.7 Å². The number of carbonyl (C=O) groups is 1. The summed E-state index contributed by atoms with van der Waals surface area (Å²) >= 11 is 8.94. The molecule has 104 valence electrons. The lowest BCUT2D eigenvalue weighted by atomic mass is 10.2. The van der Waals surface area contributed by atoms with Crippen LogP contribution in [0.1, 0.15) is 10.4 Å². The Balaban J connectivity index is 2.32. The van der Waals surface area contributed by atoms with E-state index in [0.29, 0.717) is 0 Å². The van der Waals surface area contributed by atoms with E-state index < -0.39 is 11.7 Å². The van der Waals surface area contributed by atoms with Crippen LogP contribution in [0.25, 0.3) is 0 Å². The highest BCUT2D eigenvalue weighted by Gasteiger charge is 2.14. The van der Waals surface area contributed by atoms with Crippen molar-refractivity contribution < 1.29 is 19.4 Å². The van der Waals surface area contributed by atoms with Crippen LogP contribution < -0.4 is 5.32 Å². The molecule has 0 aliphatic rings. The van der Waals surface area contributed by atoms with Crippen LogP contribution in [0.2, 0.25) is 5.02 Å². The normalized spacial score (nSPS) is 10.3. The van der Waals surface area contributed by atoms with E-state index in [1.165, 1.54) is 12.1 Å². The van der Waals surface area contributed by atoms with Gasteiger partial charge in [-0.2, -0.15) is 0 Å². The van der Waals surface area contributed by atoms with Gasteiger partial charge >= 0.3 is 0 Å². The van der Waals surface area contributed by atoms with Crippen molar-refractivity contribution in [3.05, 3.63) is 51.2 Å². The first-order valence-corrected chi connectivity index (χ1v) is 6.53. The summed E-state index contributed by atoms with van der Waals surface area (Å²) in [7, 11) is 0. The number of halogens is 3. The molecule has 2 aromatic carbocycles. The molecule has 0 heterocycles. The van der Waals surface area contributed by atoms with E-state index in [4.69, 9.17) is 11.6 Å². The Morgan fingerprint density at radius 3 is 2.30 bits per heavy atom. The highest BCUT2D eigenvalue weighted by molar-refractivity contribution is 9.10. The Bertz CT molecular complexity index is 650. The quantitative estimate of drug-likeness (QED) is 0.760. The SMILES string of the molecule is O=C(Nc1c(Cl)cc(F)cc1Br)c1cc(O)cc(O)c1. The van der Waals surface area contributed by atoms with Crippen molar-refractivity contribution in [3.63, 3.8) is 0 Å². The molecule has 4 nitrogen and oxygen atoms in total. The average Bonchev–Trinajstić information content (AvgIpc) is 2.32. The summed E-state index contributed by atoms with van der Waals surface area (Å²) in [5, 5.41) is 21.2. The van der Waals surface area contributed by atoms with Crippen LogP contribution in [0.4, 0.5) is 10.1 Å². The molecule has 0 bridgehead atoms. The number of phenolic OH excluding ortho intramolecular Hbond substituents is 2. The lowest BCUT2D eigenvalue weighted by Crippen LogP contribution is -2.12. The Hall–Kier alpha value is -1.79. The van der Waals surface area contributed by atoms with Crippen LogP contribution in [-0.2, 0) is 0 Å². The zero-order valence-corrected chi connectivity index (χ0v) is 12.2. The third kappa shape index (κ3) is 3.20. The number of nitrogens with one attached hydrogen (secondary N) is 1. The van der Waals surface area contributed by atoms with Gasteiger partial charge in [0, 0.05) is 16.1 Å². The number of hydrogen-bond donors (Lipinski definition) is 3. The Morgan fingerprint density at radius 2 is 1.75 bits per heavy atom. The van der Waals surface area contributed by atoms with Gasteiger partial charge in [-0.05, 0) is 40.2 Å². The molecule has 3 N–H and O–H groups in total. The third-order valence-electron chi connectivity index (χ3n) is 2.41. The second kappa shape index (κ2) is 5.68. The van der Waals surface area contributed by atoms with Crippen LogP contribution in [0.3, 0.4) is 0 Å². The predicted octanol–water partition coefficient (Wildman–Crippen LogP) is 3.91. The maximum Gasteiger partial charge on any atom is 0.256 e. The minimum atomic E-state index is -0.606. The van der Waals surface area contributed by atoms with Crippen molar-refractivity contribution >= 4 is 39.1 Å². The Kier molecular flexibility index (Phi) is 4.15. The van der Waals surface area contributed by atoms with Gasteiger partial charge in [0.25, 0.3) is 5.91 Å². The van der Waals surface area contributed by atoms with Crippen molar-refractivity contribution in [1.82, 2.24) is 0 Å². The van der Waals surface area contributed by atoms with E-state index >= 15 is 0 Å². The topological polar surface area (TPSA) is 69.6 Å². The molecule has 0 atom stereocenters. The number of aromatic hydroxyl groups is 2. The number of hydrogen-bond acceptors (Lipinski definition) is 3. The first-order valence-electron chi connectivity index (χ1n) is 5.36. The fourth-order valence-corrected chi connectivity index (χ4v) is 2.47. The smallest absolute Gasteiger partial charge is 0.256 e. The summed E-state index contributed by atoms with van der Waals surface area (Å²) in [6.07, 6.45) is 0. The molecule has 2 aromatic rings. The summed E-state index contributed by atoms with van der Waals surface area (Å²) < 4.78 is 13.4. The van der Waals surface area contributed by atoms with E-state index in [1.54, 1.807) is 0 Å². The van der Waals surface area contributed by atoms with Gasteiger partial charge in [0.2, 0.25) is 0 Å². The molecule has 0 aliphatic carbocycles. The molecule has 0 saturated heterocycles. The molecular weight excluding hydrogens is 353 g/mol. The summed E-state index contributed by atoms with van der Waals surface area (Å²) in [5.74, 6) is -1.65. The summed E-state index contributed by atoms with van der Waals surface area (Å²) in [5.41, 5.74) is 0.232. The molecule has 0 spiro atoms. The van der Waals surface area contributed by atoms with Crippen molar-refractivity contribution in [2.45, 2.75) is 0 Å². The van der Waals surface area contributed by atoms with E-state index in [0.717, 1.165) is 18.2 Å². The number of carbonyl (C=O) groups excluding carboxylic acids is 1. The zero-order valence-electron chi connectivity index (χ0n) is 9.82. The van der Waals surface area contributed by atoms with E-state index in [2.05, 4.69) is 21.2 Å². The maximum absolute atomic E-state index is 13.1. The first kappa shape index (κ1) is 14.6. The summed E-state index contributed by atoms with van der Waals surface area (Å²) in [6.45, 7) is 0. The fraction of sp³-hybridized carbons (Fsp3) is 0. The number of phenols is 2. The Morgan fingerprint density at radius 1 is 1.15 bits per heavy atom. The van der Waals surface area contributed by atoms with Gasteiger partial charge < -0.3 is 15.5 Å². The maximum atomic E-state index is 13.1. The summed E-state index contributed by atoms with van der Waals surface area (Å²) in [4.78, 5) is 12.0. The second-order valence-corrected chi connectivity index (χ2v) is 5.20. The van der Waals surface area contributed by atoms with Gasteiger partial charge in [-0.3, -0.25) is 4.79 Å². The highest BCUT2D eigenvalue weighted by atomic mass is 79.9. The van der Waals surface area contributed by atoms with Gasteiger partial charge in [0.15, 0.2) is 0 Å². The van der Waals surface area contributed by atoms with Crippen molar-refractivity contribution in [1.29, 1.82) is 0 Å². The van der Waals surface area contributed by atoms with Crippen molar-refractivity contribution in [3.8, 4) is 11.5 Å². The minimum absolute atomic E-state index is 0.0228. The molecule has 0 radical (unpaired) electrons. The number of amides is 1. The minimum Gasteiger partial charge on any atom is -0.508 e. The molecule has 0 fully saturated rings. The van der Waals surface area contributed by atoms with Gasteiger partial charge in [-0.25, -0.2) is 4.39 Å². The van der Waals surface area contributed by atoms with E-state index in [-0.39, 0.29) is 32.2 Å². The molecule has 0 saturated carbocycles. The van der Waals surface area contributed by atoms with Gasteiger partial charge in [0.1, 0.15) is 17.3 Å². The molecular formula is C13H8BrClFNO3. The average molecular weight is 361 g/mol. The molecule has 20 heavy (non-hydrogen) atoms. The summed E-state index contributed by atoms with van der Waals surface area (Å²) in [6, 6.07) is 5.67. The fourth-order valence-electron chi connectivity index (χ4n) is 1.57. The van der Waals surface area contributed by atoms with Gasteiger partial charge in [-0.15, -0.1) is 0 Å². The third-order valence-corrected chi connectivity index (χ3v) is 3.33. The standard InChI is InChI=1S/C13H8BrClFNO3/c14-10-3-7(16)4-11(15)12(10)17-13(20)6-1-8(18)5-9(19)2-6/h1-5,18-19H,(H,17,20). The monoisotopic (exact) mass is 359 g/mol. The number of benzene rings is 2. The van der Waals surface area contributed by atoms with Crippen LogP contribution in [0.15, 0.2) is 34.8 Å². The van der Waals surface area contributed by atoms with Crippen molar-refractivity contribution in [2.24, 2.45) is 0 Å². The van der Waals surface area contributed by atoms with Crippen LogP contribution in [-0.4, -0.2) is 16.1 Å². The lowest BCUT2D eigenvalue weighted by molar-refractivity contribution is 0.102. The highest BCUT2D eigenvalue weighted by Crippen LogP contribution is 2.32. The van der Waals surface area contributed by atoms with Gasteiger partial charge in [-0.1, -0.05) is 11.6 Å². The molecule has 0 aliphatic heterocycles. The first-order chi connectivity index (χ1) is 9.36. The van der Waals surface area contributed by atoms with Crippen molar-refractivity contribution in [2.75, 3.05) is 5.32 Å².